The molecule has 5 heterocycles. The molecule has 0 amide bonds. The third kappa shape index (κ3) is 4.96. The zero-order chi connectivity index (χ0) is 28.8. The molecular formula is C29H35N9O3. The van der Waals surface area contributed by atoms with Crippen LogP contribution in [0, 0.1) is 25.2 Å². The first-order valence-corrected chi connectivity index (χ1v) is 14.0. The van der Waals surface area contributed by atoms with Gasteiger partial charge in [0.1, 0.15) is 17.7 Å². The van der Waals surface area contributed by atoms with Crippen LogP contribution < -0.4 is 9.47 Å². The number of aromatic nitrogens is 7. The van der Waals surface area contributed by atoms with Crippen molar-refractivity contribution >= 4 is 23.1 Å². The van der Waals surface area contributed by atoms with Crippen LogP contribution in [0.1, 0.15) is 61.1 Å². The summed E-state index contributed by atoms with van der Waals surface area (Å²) >= 11 is 0. The van der Waals surface area contributed by atoms with Crippen molar-refractivity contribution < 1.29 is 14.6 Å². The van der Waals surface area contributed by atoms with Crippen LogP contribution >= 0.6 is 0 Å². The highest BCUT2D eigenvalue weighted by Crippen LogP contribution is 2.37. The molecule has 12 heteroatoms. The number of pyridine rings is 1. The molecule has 1 saturated carbocycles. The minimum Gasteiger partial charge on any atom is -0.473 e. The van der Waals surface area contributed by atoms with E-state index >= 15 is 0 Å². The second kappa shape index (κ2) is 10.6. The second-order valence-corrected chi connectivity index (χ2v) is 11.0. The van der Waals surface area contributed by atoms with Crippen LogP contribution in [-0.4, -0.2) is 76.7 Å². The van der Waals surface area contributed by atoms with Gasteiger partial charge in [0.05, 0.1) is 52.2 Å². The molecule has 0 aromatic carbocycles. The summed E-state index contributed by atoms with van der Waals surface area (Å²) in [7, 11) is 1.90. The van der Waals surface area contributed by atoms with Gasteiger partial charge in [-0.1, -0.05) is 0 Å². The largest absolute Gasteiger partial charge is 0.473 e. The van der Waals surface area contributed by atoms with Crippen LogP contribution in [-0.2, 0) is 13.6 Å². The Morgan fingerprint density at radius 3 is 2.78 bits per heavy atom. The Bertz CT molecular complexity index is 1670. The first kappa shape index (κ1) is 27.0. The Morgan fingerprint density at radius 2 is 2.05 bits per heavy atom. The topological polar surface area (TPSA) is 143 Å². The van der Waals surface area contributed by atoms with E-state index in [-0.39, 0.29) is 25.4 Å². The quantitative estimate of drug-likeness (QED) is 0.377. The van der Waals surface area contributed by atoms with Gasteiger partial charge in [-0.15, -0.1) is 5.10 Å². The van der Waals surface area contributed by atoms with Gasteiger partial charge < -0.3 is 14.6 Å². The van der Waals surface area contributed by atoms with Gasteiger partial charge in [-0.25, -0.2) is 4.68 Å². The number of hydrogen-bond donors (Lipinski definition) is 2. The molecule has 0 unspecified atom stereocenters. The third-order valence-corrected chi connectivity index (χ3v) is 7.78. The number of aromatic amines is 1. The van der Waals surface area contributed by atoms with E-state index in [1.807, 2.05) is 56.8 Å². The van der Waals surface area contributed by atoms with Gasteiger partial charge in [-0.3, -0.25) is 19.7 Å². The molecule has 0 radical (unpaired) electrons. The highest BCUT2D eigenvalue weighted by Gasteiger charge is 2.34. The van der Waals surface area contributed by atoms with E-state index in [0.29, 0.717) is 30.9 Å². The molecule has 0 spiro atoms. The molecule has 1 fully saturated rings. The molecule has 4 aromatic rings. The van der Waals surface area contributed by atoms with E-state index in [0.717, 1.165) is 63.3 Å². The molecular weight excluding hydrogens is 522 g/mol. The number of nitrogens with one attached hydrogen (secondary N) is 1. The number of aryl methyl sites for hydroxylation is 3. The normalized spacial score (nSPS) is 19.1. The Hall–Kier alpha value is -4.21. The van der Waals surface area contributed by atoms with Crippen LogP contribution in [0.25, 0.3) is 34.3 Å². The molecule has 1 aliphatic carbocycles. The lowest BCUT2D eigenvalue weighted by molar-refractivity contribution is 0.124. The van der Waals surface area contributed by atoms with E-state index in [4.69, 9.17) is 19.6 Å². The van der Waals surface area contributed by atoms with Crippen molar-refractivity contribution in [2.45, 2.75) is 65.3 Å². The lowest BCUT2D eigenvalue weighted by atomic mass is 10.1. The Balaban J connectivity index is 1.57. The SMILES string of the molecule is Cc1nn(C)c2c1-c1cc3c([nH]nc3c(C)n1)/C=C/c1c(OCC#N)nn([C@@H](C)CO)c1CN(C1CC1)C[C@H](C)O2. The standard InChI is InChI=1S/C29H35N9O3/c1-16(15-39)38-25-14-37(20-6-7-20)13-17(2)41-29-26(18(3)34-36(29)5)24-12-22-23(32-33-27(22)19(4)31-24)9-8-21(25)28(35-38)40-11-10-30/h8-9,12,16-17,20,39H,6-7,11,13-15H2,1-5H3,(H,32,33)/b9-8+/t16-,17-/m0/s1. The summed E-state index contributed by atoms with van der Waals surface area (Å²) in [6.45, 7) is 8.96. The predicted octanol–water partition coefficient (Wildman–Crippen LogP) is 3.54. The van der Waals surface area contributed by atoms with Gasteiger partial charge in [0.2, 0.25) is 11.8 Å². The molecule has 2 aliphatic rings. The minimum atomic E-state index is -0.280. The molecule has 41 heavy (non-hydrogen) atoms. The Kier molecular flexibility index (Phi) is 7.01. The second-order valence-electron chi connectivity index (χ2n) is 11.0. The van der Waals surface area contributed by atoms with E-state index in [2.05, 4.69) is 27.1 Å². The van der Waals surface area contributed by atoms with E-state index in [1.54, 1.807) is 4.68 Å². The molecule has 214 valence electrons. The summed E-state index contributed by atoms with van der Waals surface area (Å²) in [4.78, 5) is 7.31. The van der Waals surface area contributed by atoms with Crippen LogP contribution in [0.15, 0.2) is 6.07 Å². The lowest BCUT2D eigenvalue weighted by Crippen LogP contribution is -2.36. The average Bonchev–Trinajstić information content (AvgIpc) is 3.54. The number of aliphatic hydroxyl groups is 1. The third-order valence-electron chi connectivity index (χ3n) is 7.78. The smallest absolute Gasteiger partial charge is 0.241 e. The van der Waals surface area contributed by atoms with Gasteiger partial charge in [0.15, 0.2) is 6.61 Å². The highest BCUT2D eigenvalue weighted by atomic mass is 16.5. The first-order valence-electron chi connectivity index (χ1n) is 14.0. The van der Waals surface area contributed by atoms with Crippen molar-refractivity contribution in [3.63, 3.8) is 0 Å². The summed E-state index contributed by atoms with van der Waals surface area (Å²) in [5.74, 6) is 1.04. The number of nitrogens with zero attached hydrogens (tertiary/aromatic N) is 8. The minimum absolute atomic E-state index is 0.0820. The van der Waals surface area contributed by atoms with Gasteiger partial charge >= 0.3 is 0 Å². The van der Waals surface area contributed by atoms with Crippen molar-refractivity contribution in [2.75, 3.05) is 19.8 Å². The van der Waals surface area contributed by atoms with Crippen molar-refractivity contribution in [2.24, 2.45) is 7.05 Å². The summed E-state index contributed by atoms with van der Waals surface area (Å²) in [5, 5.41) is 37.4. The number of nitriles is 1. The van der Waals surface area contributed by atoms with E-state index < -0.39 is 0 Å². The fraction of sp³-hybridized carbons (Fsp3) is 0.483. The fourth-order valence-corrected chi connectivity index (χ4v) is 5.64. The molecule has 2 atom stereocenters. The zero-order valence-corrected chi connectivity index (χ0v) is 24.0. The van der Waals surface area contributed by atoms with Crippen molar-refractivity contribution in [3.8, 4) is 29.1 Å². The number of aliphatic hydroxyl groups excluding tert-OH is 1. The molecule has 12 nitrogen and oxygen atoms in total. The molecule has 4 aromatic heterocycles. The van der Waals surface area contributed by atoms with Crippen LogP contribution in [0.5, 0.6) is 11.8 Å². The monoisotopic (exact) mass is 557 g/mol. The fourth-order valence-electron chi connectivity index (χ4n) is 5.64. The van der Waals surface area contributed by atoms with Gasteiger partial charge in [-0.05, 0) is 58.8 Å². The van der Waals surface area contributed by atoms with Crippen molar-refractivity contribution in [1.82, 2.24) is 39.6 Å². The van der Waals surface area contributed by atoms with Crippen molar-refractivity contribution in [3.05, 3.63) is 34.4 Å². The lowest BCUT2D eigenvalue weighted by Gasteiger charge is -2.27. The molecule has 0 saturated heterocycles. The first-order chi connectivity index (χ1) is 19.8. The summed E-state index contributed by atoms with van der Waals surface area (Å²) in [6, 6.07) is 4.21. The molecule has 2 bridgehead atoms. The van der Waals surface area contributed by atoms with Gasteiger partial charge in [-0.2, -0.15) is 15.5 Å². The summed E-state index contributed by atoms with van der Waals surface area (Å²) in [6.07, 6.45) is 5.99. The molecule has 2 N–H and O–H groups in total. The Morgan fingerprint density at radius 1 is 1.24 bits per heavy atom. The number of rotatable bonds is 5. The van der Waals surface area contributed by atoms with E-state index in [1.165, 1.54) is 0 Å². The van der Waals surface area contributed by atoms with Gasteiger partial charge in [0.25, 0.3) is 0 Å². The van der Waals surface area contributed by atoms with Gasteiger partial charge in [0, 0.05) is 31.6 Å². The number of fused-ring (bicyclic) bond motifs is 4. The highest BCUT2D eigenvalue weighted by molar-refractivity contribution is 5.93. The summed E-state index contributed by atoms with van der Waals surface area (Å²) in [5.41, 5.74) is 6.54. The average molecular weight is 558 g/mol. The molecule has 1 aliphatic heterocycles. The maximum atomic E-state index is 10.1. The number of H-pyrrole nitrogens is 1. The van der Waals surface area contributed by atoms with Crippen LogP contribution in [0.2, 0.25) is 0 Å². The number of ether oxygens (including phenoxy) is 2. The van der Waals surface area contributed by atoms with Crippen molar-refractivity contribution in [1.29, 1.82) is 5.26 Å². The Labute approximate surface area is 238 Å². The maximum absolute atomic E-state index is 10.1. The summed E-state index contributed by atoms with van der Waals surface area (Å²) < 4.78 is 16.0. The number of hydrogen-bond acceptors (Lipinski definition) is 9. The van der Waals surface area contributed by atoms with E-state index in [9.17, 15) is 10.4 Å². The molecule has 6 rings (SSSR count). The zero-order valence-electron chi connectivity index (χ0n) is 24.0. The maximum Gasteiger partial charge on any atom is 0.241 e. The predicted molar refractivity (Wildman–Crippen MR) is 153 cm³/mol. The van der Waals surface area contributed by atoms with Crippen LogP contribution in [0.4, 0.5) is 0 Å². The van der Waals surface area contributed by atoms with Crippen LogP contribution in [0.3, 0.4) is 0 Å².